The van der Waals surface area contributed by atoms with E-state index in [1.807, 2.05) is 19.9 Å². The predicted octanol–water partition coefficient (Wildman–Crippen LogP) is 2.37. The minimum absolute atomic E-state index is 0.197. The molecule has 0 bridgehead atoms. The fourth-order valence-electron chi connectivity index (χ4n) is 1.12. The van der Waals surface area contributed by atoms with Gasteiger partial charge in [-0.15, -0.1) is 0 Å². The van der Waals surface area contributed by atoms with Gasteiger partial charge in [0, 0.05) is 24.4 Å². The minimum atomic E-state index is 0.197. The van der Waals surface area contributed by atoms with Gasteiger partial charge in [-0.25, -0.2) is 0 Å². The van der Waals surface area contributed by atoms with E-state index >= 15 is 0 Å². The van der Waals surface area contributed by atoms with Crippen LogP contribution in [0.25, 0.3) is 0 Å². The third-order valence-electron chi connectivity index (χ3n) is 1.82. The lowest BCUT2D eigenvalue weighted by Crippen LogP contribution is -2.01. The van der Waals surface area contributed by atoms with Gasteiger partial charge in [0.05, 0.1) is 0 Å². The van der Waals surface area contributed by atoms with Gasteiger partial charge in [0.1, 0.15) is 0 Å². The fraction of sp³-hybridized carbons (Fsp3) is 0.400. The number of aromatic nitrogens is 1. The summed E-state index contributed by atoms with van der Waals surface area (Å²) >= 11 is 0. The van der Waals surface area contributed by atoms with Gasteiger partial charge >= 0.3 is 0 Å². The Bertz CT molecular complexity index is 281. The van der Waals surface area contributed by atoms with Crippen molar-refractivity contribution in [1.82, 2.24) is 4.98 Å². The summed E-state index contributed by atoms with van der Waals surface area (Å²) in [5.74, 6) is 0.197. The second kappa shape index (κ2) is 4.00. The molecule has 0 aliphatic carbocycles. The molecule has 0 saturated carbocycles. The molecule has 0 aliphatic heterocycles. The fourth-order valence-corrected chi connectivity index (χ4v) is 1.12. The van der Waals surface area contributed by atoms with E-state index in [1.54, 1.807) is 12.4 Å². The van der Waals surface area contributed by atoms with E-state index < -0.39 is 0 Å². The first-order valence-electron chi connectivity index (χ1n) is 4.19. The summed E-state index contributed by atoms with van der Waals surface area (Å²) in [6.07, 6.45) is 4.87. The zero-order valence-corrected chi connectivity index (χ0v) is 7.50. The summed E-state index contributed by atoms with van der Waals surface area (Å²) in [6.45, 7) is 3.94. The standard InChI is InChI=1S/C10H13NO/c1-3-4-10(12)9-7-11-6-5-8(9)2/h5-7H,3-4H2,1-2H3. The number of pyridine rings is 1. The molecule has 0 fully saturated rings. The predicted molar refractivity (Wildman–Crippen MR) is 48.2 cm³/mol. The molecule has 0 radical (unpaired) electrons. The number of nitrogens with zero attached hydrogens (tertiary/aromatic N) is 1. The van der Waals surface area contributed by atoms with E-state index in [9.17, 15) is 4.79 Å². The van der Waals surface area contributed by atoms with E-state index in [0.717, 1.165) is 17.5 Å². The van der Waals surface area contributed by atoms with Crippen LogP contribution < -0.4 is 0 Å². The first kappa shape index (κ1) is 8.91. The molecule has 1 heterocycles. The van der Waals surface area contributed by atoms with Gasteiger partial charge in [0.25, 0.3) is 0 Å². The SMILES string of the molecule is CCCC(=O)c1cnccc1C. The number of rotatable bonds is 3. The first-order chi connectivity index (χ1) is 5.75. The molecule has 0 saturated heterocycles. The van der Waals surface area contributed by atoms with Crippen LogP contribution in [0.1, 0.15) is 35.7 Å². The molecule has 0 N–H and O–H groups in total. The smallest absolute Gasteiger partial charge is 0.164 e. The Labute approximate surface area is 72.6 Å². The number of aryl methyl sites for hydroxylation is 1. The Morgan fingerprint density at radius 2 is 2.33 bits per heavy atom. The van der Waals surface area contributed by atoms with E-state index in [2.05, 4.69) is 4.98 Å². The van der Waals surface area contributed by atoms with E-state index in [0.29, 0.717) is 6.42 Å². The average molecular weight is 163 g/mol. The normalized spacial score (nSPS) is 9.83. The number of hydrogen-bond acceptors (Lipinski definition) is 2. The number of Topliss-reactive ketones (excluding diaryl/α,β-unsaturated/α-hetero) is 1. The number of carbonyl (C=O) groups is 1. The van der Waals surface area contributed by atoms with E-state index in [1.165, 1.54) is 0 Å². The van der Waals surface area contributed by atoms with Gasteiger partial charge in [-0.3, -0.25) is 9.78 Å². The van der Waals surface area contributed by atoms with Gasteiger partial charge in [-0.05, 0) is 25.0 Å². The van der Waals surface area contributed by atoms with Crippen LogP contribution in [0.4, 0.5) is 0 Å². The van der Waals surface area contributed by atoms with Crippen LogP contribution in [-0.2, 0) is 0 Å². The highest BCUT2D eigenvalue weighted by Gasteiger charge is 2.06. The number of carbonyl (C=O) groups excluding carboxylic acids is 1. The molecular formula is C10H13NO. The van der Waals surface area contributed by atoms with Crippen molar-refractivity contribution in [2.75, 3.05) is 0 Å². The molecule has 0 amide bonds. The van der Waals surface area contributed by atoms with Crippen molar-refractivity contribution in [3.63, 3.8) is 0 Å². The van der Waals surface area contributed by atoms with Crippen LogP contribution in [0, 0.1) is 6.92 Å². The van der Waals surface area contributed by atoms with E-state index in [-0.39, 0.29) is 5.78 Å². The van der Waals surface area contributed by atoms with Crippen molar-refractivity contribution in [3.05, 3.63) is 29.6 Å². The molecule has 1 aromatic heterocycles. The molecule has 2 nitrogen and oxygen atoms in total. The zero-order valence-electron chi connectivity index (χ0n) is 7.50. The topological polar surface area (TPSA) is 30.0 Å². The Hall–Kier alpha value is -1.18. The van der Waals surface area contributed by atoms with Crippen molar-refractivity contribution in [2.45, 2.75) is 26.7 Å². The Morgan fingerprint density at radius 3 is 2.92 bits per heavy atom. The van der Waals surface area contributed by atoms with Crippen LogP contribution >= 0.6 is 0 Å². The molecule has 1 rings (SSSR count). The van der Waals surface area contributed by atoms with Crippen molar-refractivity contribution < 1.29 is 4.79 Å². The third-order valence-corrected chi connectivity index (χ3v) is 1.82. The maximum atomic E-state index is 11.4. The Morgan fingerprint density at radius 1 is 1.58 bits per heavy atom. The number of ketones is 1. The second-order valence-electron chi connectivity index (χ2n) is 2.86. The molecule has 0 spiro atoms. The van der Waals surface area contributed by atoms with Crippen molar-refractivity contribution in [3.8, 4) is 0 Å². The minimum Gasteiger partial charge on any atom is -0.294 e. The van der Waals surface area contributed by atoms with Gasteiger partial charge < -0.3 is 0 Å². The largest absolute Gasteiger partial charge is 0.294 e. The van der Waals surface area contributed by atoms with Gasteiger partial charge in [0.2, 0.25) is 0 Å². The van der Waals surface area contributed by atoms with E-state index in [4.69, 9.17) is 0 Å². The monoisotopic (exact) mass is 163 g/mol. The van der Waals surface area contributed by atoms with Crippen LogP contribution in [0.3, 0.4) is 0 Å². The van der Waals surface area contributed by atoms with Gasteiger partial charge in [-0.2, -0.15) is 0 Å². The molecule has 12 heavy (non-hydrogen) atoms. The summed E-state index contributed by atoms with van der Waals surface area (Å²) < 4.78 is 0. The van der Waals surface area contributed by atoms with Crippen molar-refractivity contribution >= 4 is 5.78 Å². The quantitative estimate of drug-likeness (QED) is 0.640. The lowest BCUT2D eigenvalue weighted by Gasteiger charge is -2.01. The molecule has 0 atom stereocenters. The molecule has 0 unspecified atom stereocenters. The van der Waals surface area contributed by atoms with Crippen LogP contribution in [-0.4, -0.2) is 10.8 Å². The molecule has 2 heteroatoms. The molecule has 64 valence electrons. The second-order valence-corrected chi connectivity index (χ2v) is 2.86. The highest BCUT2D eigenvalue weighted by atomic mass is 16.1. The van der Waals surface area contributed by atoms with Gasteiger partial charge in [0.15, 0.2) is 5.78 Å². The lowest BCUT2D eigenvalue weighted by atomic mass is 10.0. The maximum absolute atomic E-state index is 11.4. The number of hydrogen-bond donors (Lipinski definition) is 0. The average Bonchev–Trinajstić information content (AvgIpc) is 2.05. The summed E-state index contributed by atoms with van der Waals surface area (Å²) in [7, 11) is 0. The molecule has 1 aromatic rings. The highest BCUT2D eigenvalue weighted by molar-refractivity contribution is 5.96. The summed E-state index contributed by atoms with van der Waals surface area (Å²) in [6, 6.07) is 1.86. The maximum Gasteiger partial charge on any atom is 0.164 e. The van der Waals surface area contributed by atoms with Crippen molar-refractivity contribution in [2.24, 2.45) is 0 Å². The van der Waals surface area contributed by atoms with Crippen LogP contribution in [0.15, 0.2) is 18.5 Å². The summed E-state index contributed by atoms with van der Waals surface area (Å²) in [4.78, 5) is 15.4. The van der Waals surface area contributed by atoms with Gasteiger partial charge in [-0.1, -0.05) is 6.92 Å². The zero-order chi connectivity index (χ0) is 8.97. The molecule has 0 aliphatic rings. The molecule has 0 aromatic carbocycles. The first-order valence-corrected chi connectivity index (χ1v) is 4.19. The van der Waals surface area contributed by atoms with Crippen molar-refractivity contribution in [1.29, 1.82) is 0 Å². The van der Waals surface area contributed by atoms with Crippen LogP contribution in [0.2, 0.25) is 0 Å². The lowest BCUT2D eigenvalue weighted by molar-refractivity contribution is 0.0981. The Kier molecular flexibility index (Phi) is 2.97. The summed E-state index contributed by atoms with van der Waals surface area (Å²) in [5.41, 5.74) is 1.78. The Balaban J connectivity index is 2.87. The van der Waals surface area contributed by atoms with Crippen LogP contribution in [0.5, 0.6) is 0 Å². The third kappa shape index (κ3) is 1.91. The highest BCUT2D eigenvalue weighted by Crippen LogP contribution is 2.08. The molecular weight excluding hydrogens is 150 g/mol. The summed E-state index contributed by atoms with van der Waals surface area (Å²) in [5, 5.41) is 0.